The van der Waals surface area contributed by atoms with Crippen LogP contribution in [0.15, 0.2) is 18.2 Å². The molecule has 1 saturated heterocycles. The molecule has 112 valence electrons. The summed E-state index contributed by atoms with van der Waals surface area (Å²) >= 11 is 0. The minimum Gasteiger partial charge on any atom is -0.349 e. The Hall–Kier alpha value is -1.20. The third kappa shape index (κ3) is 3.67. The zero-order valence-corrected chi connectivity index (χ0v) is 12.3. The van der Waals surface area contributed by atoms with Crippen molar-refractivity contribution in [2.24, 2.45) is 11.8 Å². The molecule has 1 aromatic carbocycles. The molecule has 0 saturated carbocycles. The lowest BCUT2D eigenvalue weighted by Crippen LogP contribution is -2.49. The standard InChI is InChI=1S/C14H18F2N2O.ClH/c1-8(11-6-17-7-11)14(19)18-9(2)10-3-4-12(15)13(16)5-10;/h3-5,8-9,11,17H,6-7H2,1-2H3,(H,18,19);1H. The fourth-order valence-electron chi connectivity index (χ4n) is 2.09. The average Bonchev–Trinajstić information content (AvgIpc) is 2.30. The molecule has 20 heavy (non-hydrogen) atoms. The van der Waals surface area contributed by atoms with Gasteiger partial charge in [0.25, 0.3) is 0 Å². The first-order valence-electron chi connectivity index (χ1n) is 6.45. The van der Waals surface area contributed by atoms with Crippen molar-refractivity contribution in [1.82, 2.24) is 10.6 Å². The van der Waals surface area contributed by atoms with E-state index in [0.717, 1.165) is 25.2 Å². The normalized spacial score (nSPS) is 17.6. The SMILES string of the molecule is CC(NC(=O)C(C)C1CNC1)c1ccc(F)c(F)c1.Cl. The van der Waals surface area contributed by atoms with Crippen molar-refractivity contribution in [3.63, 3.8) is 0 Å². The Kier molecular flexibility index (Phi) is 5.89. The molecule has 6 heteroatoms. The summed E-state index contributed by atoms with van der Waals surface area (Å²) in [5, 5.41) is 5.96. The zero-order chi connectivity index (χ0) is 14.0. The summed E-state index contributed by atoms with van der Waals surface area (Å²) in [6.45, 7) is 5.36. The van der Waals surface area contributed by atoms with Gasteiger partial charge >= 0.3 is 0 Å². The van der Waals surface area contributed by atoms with Crippen LogP contribution in [0.5, 0.6) is 0 Å². The molecule has 1 aliphatic heterocycles. The fraction of sp³-hybridized carbons (Fsp3) is 0.500. The van der Waals surface area contributed by atoms with Gasteiger partial charge in [-0.1, -0.05) is 13.0 Å². The summed E-state index contributed by atoms with van der Waals surface area (Å²) in [7, 11) is 0. The van der Waals surface area contributed by atoms with E-state index in [1.807, 2.05) is 6.92 Å². The molecular weight excluding hydrogens is 286 g/mol. The Morgan fingerprint density at radius 3 is 2.45 bits per heavy atom. The quantitative estimate of drug-likeness (QED) is 0.897. The van der Waals surface area contributed by atoms with Gasteiger partial charge in [0.2, 0.25) is 5.91 Å². The molecule has 1 aromatic rings. The molecule has 2 rings (SSSR count). The Labute approximate surface area is 123 Å². The molecule has 2 unspecified atom stereocenters. The van der Waals surface area contributed by atoms with Crippen molar-refractivity contribution in [2.75, 3.05) is 13.1 Å². The van der Waals surface area contributed by atoms with Gasteiger partial charge in [-0.2, -0.15) is 0 Å². The van der Waals surface area contributed by atoms with Crippen molar-refractivity contribution in [3.8, 4) is 0 Å². The van der Waals surface area contributed by atoms with Crippen molar-refractivity contribution >= 4 is 18.3 Å². The van der Waals surface area contributed by atoms with E-state index in [9.17, 15) is 13.6 Å². The Bertz CT molecular complexity index is 480. The molecule has 1 heterocycles. The van der Waals surface area contributed by atoms with Crippen LogP contribution in [0, 0.1) is 23.5 Å². The number of carbonyl (C=O) groups is 1. The van der Waals surface area contributed by atoms with E-state index in [4.69, 9.17) is 0 Å². The molecule has 0 spiro atoms. The molecule has 1 fully saturated rings. The van der Waals surface area contributed by atoms with Crippen LogP contribution < -0.4 is 10.6 Å². The number of halogens is 3. The molecule has 0 bridgehead atoms. The van der Waals surface area contributed by atoms with Gasteiger partial charge in [-0.15, -0.1) is 12.4 Å². The molecule has 1 aliphatic rings. The molecule has 2 atom stereocenters. The van der Waals surface area contributed by atoms with Gasteiger partial charge in [0.05, 0.1) is 6.04 Å². The van der Waals surface area contributed by atoms with E-state index in [1.54, 1.807) is 6.92 Å². The molecule has 1 amide bonds. The van der Waals surface area contributed by atoms with Crippen LogP contribution in [0.2, 0.25) is 0 Å². The third-order valence-corrected chi connectivity index (χ3v) is 3.74. The van der Waals surface area contributed by atoms with E-state index in [2.05, 4.69) is 10.6 Å². The highest BCUT2D eigenvalue weighted by atomic mass is 35.5. The minimum absolute atomic E-state index is 0. The fourth-order valence-corrected chi connectivity index (χ4v) is 2.09. The molecule has 2 N–H and O–H groups in total. The third-order valence-electron chi connectivity index (χ3n) is 3.74. The zero-order valence-electron chi connectivity index (χ0n) is 11.5. The van der Waals surface area contributed by atoms with E-state index in [1.165, 1.54) is 6.07 Å². The lowest BCUT2D eigenvalue weighted by atomic mass is 9.88. The van der Waals surface area contributed by atoms with Gasteiger partial charge in [0.15, 0.2) is 11.6 Å². The number of hydrogen-bond acceptors (Lipinski definition) is 2. The number of hydrogen-bond donors (Lipinski definition) is 2. The van der Waals surface area contributed by atoms with Crippen LogP contribution in [0.3, 0.4) is 0 Å². The monoisotopic (exact) mass is 304 g/mol. The molecular formula is C14H19ClF2N2O. The summed E-state index contributed by atoms with van der Waals surface area (Å²) in [4.78, 5) is 12.0. The van der Waals surface area contributed by atoms with Crippen molar-refractivity contribution in [2.45, 2.75) is 19.9 Å². The largest absolute Gasteiger partial charge is 0.349 e. The predicted octanol–water partition coefficient (Wildman–Crippen LogP) is 2.42. The van der Waals surface area contributed by atoms with Gasteiger partial charge in [-0.25, -0.2) is 8.78 Å². The minimum atomic E-state index is -0.894. The second kappa shape index (κ2) is 6.99. The molecule has 0 aromatic heterocycles. The maximum Gasteiger partial charge on any atom is 0.223 e. The topological polar surface area (TPSA) is 41.1 Å². The number of carbonyl (C=O) groups excluding carboxylic acids is 1. The van der Waals surface area contributed by atoms with Crippen molar-refractivity contribution < 1.29 is 13.6 Å². The van der Waals surface area contributed by atoms with E-state index in [0.29, 0.717) is 11.5 Å². The molecule has 0 aliphatic carbocycles. The smallest absolute Gasteiger partial charge is 0.223 e. The van der Waals surface area contributed by atoms with E-state index in [-0.39, 0.29) is 30.3 Å². The Morgan fingerprint density at radius 1 is 1.30 bits per heavy atom. The van der Waals surface area contributed by atoms with Crippen LogP contribution in [0.1, 0.15) is 25.5 Å². The highest BCUT2D eigenvalue weighted by molar-refractivity contribution is 5.85. The lowest BCUT2D eigenvalue weighted by Gasteiger charge is -2.32. The molecule has 0 radical (unpaired) electrons. The Morgan fingerprint density at radius 2 is 1.95 bits per heavy atom. The molecule has 3 nitrogen and oxygen atoms in total. The van der Waals surface area contributed by atoms with Crippen LogP contribution in [0.4, 0.5) is 8.78 Å². The van der Waals surface area contributed by atoms with Crippen LogP contribution in [-0.4, -0.2) is 19.0 Å². The first-order chi connectivity index (χ1) is 8.99. The second-order valence-electron chi connectivity index (χ2n) is 5.11. The highest BCUT2D eigenvalue weighted by Crippen LogP contribution is 2.19. The summed E-state index contributed by atoms with van der Waals surface area (Å²) in [5.74, 6) is -1.54. The van der Waals surface area contributed by atoms with Crippen LogP contribution in [-0.2, 0) is 4.79 Å². The number of amides is 1. The van der Waals surface area contributed by atoms with Gasteiger partial charge in [-0.3, -0.25) is 4.79 Å². The van der Waals surface area contributed by atoms with Gasteiger partial charge in [-0.05, 0) is 43.6 Å². The van der Waals surface area contributed by atoms with Crippen molar-refractivity contribution in [3.05, 3.63) is 35.4 Å². The van der Waals surface area contributed by atoms with Crippen molar-refractivity contribution in [1.29, 1.82) is 0 Å². The number of benzene rings is 1. The first kappa shape index (κ1) is 16.9. The highest BCUT2D eigenvalue weighted by Gasteiger charge is 2.29. The summed E-state index contributed by atoms with van der Waals surface area (Å²) < 4.78 is 26.0. The number of nitrogens with one attached hydrogen (secondary N) is 2. The second-order valence-corrected chi connectivity index (χ2v) is 5.11. The average molecular weight is 305 g/mol. The van der Waals surface area contributed by atoms with Gasteiger partial charge in [0.1, 0.15) is 0 Å². The Balaban J connectivity index is 0.00000200. The lowest BCUT2D eigenvalue weighted by molar-refractivity contribution is -0.127. The summed E-state index contributed by atoms with van der Waals surface area (Å²) in [5.41, 5.74) is 0.561. The number of rotatable bonds is 4. The predicted molar refractivity (Wildman–Crippen MR) is 75.7 cm³/mol. The maximum absolute atomic E-state index is 13.1. The van der Waals surface area contributed by atoms with E-state index < -0.39 is 11.6 Å². The van der Waals surface area contributed by atoms with Crippen LogP contribution >= 0.6 is 12.4 Å². The van der Waals surface area contributed by atoms with Crippen LogP contribution in [0.25, 0.3) is 0 Å². The van der Waals surface area contributed by atoms with Gasteiger partial charge in [0, 0.05) is 5.92 Å². The maximum atomic E-state index is 13.1. The summed E-state index contributed by atoms with van der Waals surface area (Å²) in [6, 6.07) is 3.35. The summed E-state index contributed by atoms with van der Waals surface area (Å²) in [6.07, 6.45) is 0. The van der Waals surface area contributed by atoms with Gasteiger partial charge < -0.3 is 10.6 Å². The van der Waals surface area contributed by atoms with E-state index >= 15 is 0 Å². The first-order valence-corrected chi connectivity index (χ1v) is 6.45.